The normalized spacial score (nSPS) is 11.1. The van der Waals surface area contributed by atoms with Crippen molar-refractivity contribution in [1.29, 1.82) is 0 Å². The number of carbonyl (C=O) groups is 1. The van der Waals surface area contributed by atoms with Gasteiger partial charge in [-0.3, -0.25) is 4.79 Å². The predicted molar refractivity (Wildman–Crippen MR) is 81.5 cm³/mol. The summed E-state index contributed by atoms with van der Waals surface area (Å²) in [6, 6.07) is 7.87. The van der Waals surface area contributed by atoms with Crippen molar-refractivity contribution in [2.45, 2.75) is 13.8 Å². The molecule has 0 aliphatic carbocycles. The third kappa shape index (κ3) is 1.90. The summed E-state index contributed by atoms with van der Waals surface area (Å²) in [7, 11) is 0. The Morgan fingerprint density at radius 2 is 2.00 bits per heavy atom. The van der Waals surface area contributed by atoms with Crippen LogP contribution in [0.3, 0.4) is 0 Å². The molecular formula is C15H12ClNOS. The number of aldehydes is 1. The van der Waals surface area contributed by atoms with Crippen molar-refractivity contribution in [2.75, 3.05) is 0 Å². The van der Waals surface area contributed by atoms with Crippen molar-refractivity contribution in [2.24, 2.45) is 0 Å². The van der Waals surface area contributed by atoms with Gasteiger partial charge in [0.2, 0.25) is 0 Å². The molecule has 2 nitrogen and oxygen atoms in total. The molecule has 2 aromatic heterocycles. The number of aromatic nitrogens is 1. The number of fused-ring (bicyclic) bond motifs is 1. The van der Waals surface area contributed by atoms with E-state index in [1.54, 1.807) is 11.3 Å². The number of halogens is 1. The van der Waals surface area contributed by atoms with E-state index >= 15 is 0 Å². The third-order valence-corrected chi connectivity index (χ3v) is 4.59. The minimum Gasteiger partial charge on any atom is -0.353 e. The van der Waals surface area contributed by atoms with E-state index in [2.05, 4.69) is 18.0 Å². The summed E-state index contributed by atoms with van der Waals surface area (Å²) >= 11 is 7.91. The summed E-state index contributed by atoms with van der Waals surface area (Å²) in [5.74, 6) is 0. The fourth-order valence-electron chi connectivity index (χ4n) is 2.30. The summed E-state index contributed by atoms with van der Waals surface area (Å²) in [5.41, 5.74) is 3.53. The number of H-pyrrole nitrogens is 1. The quantitative estimate of drug-likeness (QED) is 0.663. The third-order valence-electron chi connectivity index (χ3n) is 3.26. The van der Waals surface area contributed by atoms with E-state index in [-0.39, 0.29) is 0 Å². The zero-order valence-electron chi connectivity index (χ0n) is 10.6. The van der Waals surface area contributed by atoms with Gasteiger partial charge < -0.3 is 4.98 Å². The topological polar surface area (TPSA) is 32.9 Å². The first kappa shape index (κ1) is 12.5. The Balaban J connectivity index is 2.40. The molecule has 0 fully saturated rings. The van der Waals surface area contributed by atoms with Gasteiger partial charge >= 0.3 is 0 Å². The SMILES string of the molecule is Cc1ccc(-c2[nH]c3c(C)ccc(Cl)c3c2C=O)s1. The molecule has 0 radical (unpaired) electrons. The van der Waals surface area contributed by atoms with Crippen LogP contribution in [0.25, 0.3) is 21.5 Å². The highest BCUT2D eigenvalue weighted by atomic mass is 35.5. The van der Waals surface area contributed by atoms with E-state index in [0.717, 1.165) is 33.3 Å². The molecule has 2 heterocycles. The van der Waals surface area contributed by atoms with Crippen LogP contribution in [0, 0.1) is 13.8 Å². The first-order valence-corrected chi connectivity index (χ1v) is 7.14. The molecule has 19 heavy (non-hydrogen) atoms. The Labute approximate surface area is 120 Å². The molecule has 0 unspecified atom stereocenters. The molecule has 0 spiro atoms. The van der Waals surface area contributed by atoms with E-state index in [0.29, 0.717) is 10.6 Å². The number of hydrogen-bond donors (Lipinski definition) is 1. The van der Waals surface area contributed by atoms with Gasteiger partial charge in [-0.15, -0.1) is 11.3 Å². The Morgan fingerprint density at radius 3 is 2.63 bits per heavy atom. The number of rotatable bonds is 2. The minimum absolute atomic E-state index is 0.610. The van der Waals surface area contributed by atoms with Gasteiger partial charge in [-0.2, -0.15) is 0 Å². The molecule has 0 saturated carbocycles. The lowest BCUT2D eigenvalue weighted by atomic mass is 10.1. The molecule has 0 aliphatic rings. The van der Waals surface area contributed by atoms with Crippen LogP contribution in [0.15, 0.2) is 24.3 Å². The highest BCUT2D eigenvalue weighted by molar-refractivity contribution is 7.15. The van der Waals surface area contributed by atoms with Gasteiger partial charge in [0.1, 0.15) is 0 Å². The molecule has 3 aromatic rings. The number of carbonyl (C=O) groups excluding carboxylic acids is 1. The molecule has 0 bridgehead atoms. The number of aromatic amines is 1. The van der Waals surface area contributed by atoms with Crippen molar-refractivity contribution in [1.82, 2.24) is 4.98 Å². The van der Waals surface area contributed by atoms with Gasteiger partial charge in [-0.05, 0) is 37.6 Å². The zero-order chi connectivity index (χ0) is 13.6. The molecule has 1 N–H and O–H groups in total. The maximum Gasteiger partial charge on any atom is 0.152 e. The molecule has 96 valence electrons. The second-order valence-electron chi connectivity index (χ2n) is 4.56. The van der Waals surface area contributed by atoms with Crippen molar-refractivity contribution in [3.05, 3.63) is 45.3 Å². The zero-order valence-corrected chi connectivity index (χ0v) is 12.2. The van der Waals surface area contributed by atoms with Crippen molar-refractivity contribution >= 4 is 40.1 Å². The first-order valence-electron chi connectivity index (χ1n) is 5.94. The van der Waals surface area contributed by atoms with E-state index in [9.17, 15) is 4.79 Å². The molecular weight excluding hydrogens is 278 g/mol. The number of thiophene rings is 1. The van der Waals surface area contributed by atoms with E-state index in [1.807, 2.05) is 25.1 Å². The fourth-order valence-corrected chi connectivity index (χ4v) is 3.45. The van der Waals surface area contributed by atoms with Crippen molar-refractivity contribution in [3.8, 4) is 10.6 Å². The average Bonchev–Trinajstić information content (AvgIpc) is 2.97. The van der Waals surface area contributed by atoms with Crippen LogP contribution in [0.2, 0.25) is 5.02 Å². The van der Waals surface area contributed by atoms with Gasteiger partial charge in [0, 0.05) is 10.3 Å². The van der Waals surface area contributed by atoms with Crippen molar-refractivity contribution in [3.63, 3.8) is 0 Å². The smallest absolute Gasteiger partial charge is 0.152 e. The Bertz CT molecular complexity index is 785. The van der Waals surface area contributed by atoms with E-state index in [1.165, 1.54) is 4.88 Å². The maximum absolute atomic E-state index is 11.5. The van der Waals surface area contributed by atoms with Crippen LogP contribution in [-0.4, -0.2) is 11.3 Å². The number of aryl methyl sites for hydroxylation is 2. The minimum atomic E-state index is 0.610. The largest absolute Gasteiger partial charge is 0.353 e. The number of benzene rings is 1. The fraction of sp³-hybridized carbons (Fsp3) is 0.133. The highest BCUT2D eigenvalue weighted by Crippen LogP contribution is 2.37. The number of nitrogens with one attached hydrogen (secondary N) is 1. The molecule has 0 atom stereocenters. The van der Waals surface area contributed by atoms with Gasteiger partial charge in [-0.1, -0.05) is 17.7 Å². The maximum atomic E-state index is 11.5. The molecule has 0 aliphatic heterocycles. The van der Waals surface area contributed by atoms with Crippen LogP contribution in [-0.2, 0) is 0 Å². The predicted octanol–water partition coefficient (Wildman–Crippen LogP) is 4.98. The van der Waals surface area contributed by atoms with Crippen LogP contribution in [0.1, 0.15) is 20.8 Å². The van der Waals surface area contributed by atoms with E-state index < -0.39 is 0 Å². The van der Waals surface area contributed by atoms with E-state index in [4.69, 9.17) is 11.6 Å². The summed E-state index contributed by atoms with van der Waals surface area (Å²) in [6.45, 7) is 4.06. The second kappa shape index (κ2) is 4.51. The lowest BCUT2D eigenvalue weighted by molar-refractivity contribution is 0.112. The highest BCUT2D eigenvalue weighted by Gasteiger charge is 2.17. The molecule has 0 amide bonds. The first-order chi connectivity index (χ1) is 9.11. The van der Waals surface area contributed by atoms with Gasteiger partial charge in [0.25, 0.3) is 0 Å². The van der Waals surface area contributed by atoms with Crippen LogP contribution < -0.4 is 0 Å². The molecule has 3 rings (SSSR count). The standard InChI is InChI=1S/C15H12ClNOS/c1-8-3-5-11(16)13-10(7-18)15(17-14(8)13)12-6-4-9(2)19-12/h3-7,17H,1-2H3. The molecule has 0 saturated heterocycles. The summed E-state index contributed by atoms with van der Waals surface area (Å²) in [5, 5.41) is 1.43. The van der Waals surface area contributed by atoms with Crippen LogP contribution >= 0.6 is 22.9 Å². The lowest BCUT2D eigenvalue weighted by Crippen LogP contribution is -1.82. The van der Waals surface area contributed by atoms with Crippen LogP contribution in [0.5, 0.6) is 0 Å². The second-order valence-corrected chi connectivity index (χ2v) is 6.25. The molecule has 1 aromatic carbocycles. The Kier molecular flexibility index (Phi) is 2.96. The van der Waals surface area contributed by atoms with Gasteiger partial charge in [0.05, 0.1) is 26.7 Å². The monoisotopic (exact) mass is 289 g/mol. The number of hydrogen-bond acceptors (Lipinski definition) is 2. The Morgan fingerprint density at radius 1 is 1.21 bits per heavy atom. The van der Waals surface area contributed by atoms with Gasteiger partial charge in [0.15, 0.2) is 6.29 Å². The van der Waals surface area contributed by atoms with Crippen molar-refractivity contribution < 1.29 is 4.79 Å². The molecule has 4 heteroatoms. The average molecular weight is 290 g/mol. The summed E-state index contributed by atoms with van der Waals surface area (Å²) < 4.78 is 0. The summed E-state index contributed by atoms with van der Waals surface area (Å²) in [6.07, 6.45) is 0.883. The van der Waals surface area contributed by atoms with Gasteiger partial charge in [-0.25, -0.2) is 0 Å². The summed E-state index contributed by atoms with van der Waals surface area (Å²) in [4.78, 5) is 17.1. The Hall–Kier alpha value is -1.58. The van der Waals surface area contributed by atoms with Crippen LogP contribution in [0.4, 0.5) is 0 Å². The lowest BCUT2D eigenvalue weighted by Gasteiger charge is -1.98.